The summed E-state index contributed by atoms with van der Waals surface area (Å²) in [5.74, 6) is -0.307. The summed E-state index contributed by atoms with van der Waals surface area (Å²) in [6.45, 7) is 1.85. The van der Waals surface area contributed by atoms with Gasteiger partial charge in [-0.2, -0.15) is 0 Å². The number of benzene rings is 1. The van der Waals surface area contributed by atoms with Crippen LogP contribution in [0.2, 0.25) is 0 Å². The minimum Gasteiger partial charge on any atom is -0.263 e. The number of nitrogens with zero attached hydrogens (tertiary/aromatic N) is 3. The van der Waals surface area contributed by atoms with Crippen LogP contribution in [0.1, 0.15) is 5.01 Å². The summed E-state index contributed by atoms with van der Waals surface area (Å²) < 4.78 is 14.9. The average Bonchev–Trinajstić information content (AvgIpc) is 2.75. The fraction of sp³-hybridized carbons (Fsp3) is 0.0833. The van der Waals surface area contributed by atoms with Crippen LogP contribution in [-0.2, 0) is 0 Å². The number of hydrogen-bond acceptors (Lipinski definition) is 4. The van der Waals surface area contributed by atoms with Gasteiger partial charge in [0.05, 0.1) is 0 Å². The van der Waals surface area contributed by atoms with E-state index in [9.17, 15) is 4.39 Å². The lowest BCUT2D eigenvalue weighted by Crippen LogP contribution is -1.87. The van der Waals surface area contributed by atoms with E-state index in [-0.39, 0.29) is 5.82 Å². The van der Waals surface area contributed by atoms with Gasteiger partial charge in [0.1, 0.15) is 10.8 Å². The Morgan fingerprint density at radius 2 is 2.06 bits per heavy atom. The molecule has 0 bridgehead atoms. The van der Waals surface area contributed by atoms with Crippen LogP contribution in [0.15, 0.2) is 29.0 Å². The highest BCUT2D eigenvalue weighted by Crippen LogP contribution is 2.32. The first kappa shape index (κ1) is 11.7. The number of aromatic nitrogens is 3. The lowest BCUT2D eigenvalue weighted by molar-refractivity contribution is 0.632. The van der Waals surface area contributed by atoms with Gasteiger partial charge < -0.3 is 0 Å². The van der Waals surface area contributed by atoms with Gasteiger partial charge in [0, 0.05) is 27.8 Å². The van der Waals surface area contributed by atoms with Gasteiger partial charge in [-0.1, -0.05) is 11.3 Å². The molecular weight excluding hydrogens is 317 g/mol. The predicted molar refractivity (Wildman–Crippen MR) is 73.0 cm³/mol. The first-order valence-corrected chi connectivity index (χ1v) is 6.79. The molecule has 0 fully saturated rings. The van der Waals surface area contributed by atoms with Gasteiger partial charge in [-0.05, 0) is 40.4 Å². The first-order chi connectivity index (χ1) is 8.65. The van der Waals surface area contributed by atoms with Crippen molar-refractivity contribution in [2.45, 2.75) is 6.92 Å². The van der Waals surface area contributed by atoms with E-state index in [2.05, 4.69) is 31.1 Å². The van der Waals surface area contributed by atoms with E-state index in [1.165, 1.54) is 17.4 Å². The molecule has 0 spiro atoms. The van der Waals surface area contributed by atoms with Gasteiger partial charge in [-0.25, -0.2) is 4.39 Å². The second-order valence-electron chi connectivity index (χ2n) is 3.80. The molecular formula is C12H7BrFN3S. The van der Waals surface area contributed by atoms with E-state index < -0.39 is 0 Å². The van der Waals surface area contributed by atoms with Crippen molar-refractivity contribution in [3.05, 3.63) is 39.8 Å². The number of halogens is 2. The zero-order valence-electron chi connectivity index (χ0n) is 9.32. The van der Waals surface area contributed by atoms with Crippen LogP contribution in [0.25, 0.3) is 21.3 Å². The molecule has 0 saturated carbocycles. The minimum absolute atomic E-state index is 0.307. The van der Waals surface area contributed by atoms with Crippen molar-refractivity contribution in [1.29, 1.82) is 0 Å². The molecule has 0 saturated heterocycles. The Morgan fingerprint density at radius 3 is 2.78 bits per heavy atom. The van der Waals surface area contributed by atoms with Crippen LogP contribution < -0.4 is 0 Å². The summed E-state index contributed by atoms with van der Waals surface area (Å²) in [6.07, 6.45) is 3.33. The van der Waals surface area contributed by atoms with Gasteiger partial charge in [0.2, 0.25) is 0 Å². The Hall–Kier alpha value is -1.40. The molecule has 2 heterocycles. The highest BCUT2D eigenvalue weighted by molar-refractivity contribution is 9.10. The zero-order chi connectivity index (χ0) is 12.7. The van der Waals surface area contributed by atoms with Crippen LogP contribution in [0, 0.1) is 12.7 Å². The third-order valence-electron chi connectivity index (χ3n) is 2.55. The minimum atomic E-state index is -0.307. The monoisotopic (exact) mass is 323 g/mol. The third kappa shape index (κ3) is 1.91. The van der Waals surface area contributed by atoms with Crippen molar-refractivity contribution in [2.75, 3.05) is 0 Å². The molecule has 1 aromatic carbocycles. The second kappa shape index (κ2) is 4.37. The predicted octanol–water partition coefficient (Wildman–Crippen LogP) is 3.96. The summed E-state index contributed by atoms with van der Waals surface area (Å²) in [4.78, 5) is 4.02. The SMILES string of the molecule is Cc1nnc(-c2cc3c(Br)cncc3cc2F)s1. The van der Waals surface area contributed by atoms with Crippen LogP contribution in [-0.4, -0.2) is 15.2 Å². The molecule has 18 heavy (non-hydrogen) atoms. The van der Waals surface area contributed by atoms with Crippen molar-refractivity contribution in [3.8, 4) is 10.6 Å². The zero-order valence-corrected chi connectivity index (χ0v) is 11.7. The molecule has 3 nitrogen and oxygen atoms in total. The first-order valence-electron chi connectivity index (χ1n) is 5.18. The van der Waals surface area contributed by atoms with Crippen LogP contribution in [0.4, 0.5) is 4.39 Å². The third-order valence-corrected chi connectivity index (χ3v) is 4.06. The molecule has 2 aromatic heterocycles. The Bertz CT molecular complexity index is 741. The molecule has 0 amide bonds. The summed E-state index contributed by atoms with van der Waals surface area (Å²) in [5.41, 5.74) is 0.472. The Labute approximate surface area is 115 Å². The van der Waals surface area contributed by atoms with E-state index in [0.29, 0.717) is 10.6 Å². The van der Waals surface area contributed by atoms with Crippen LogP contribution in [0.5, 0.6) is 0 Å². The molecule has 0 N–H and O–H groups in total. The summed E-state index contributed by atoms with van der Waals surface area (Å²) in [6, 6.07) is 3.25. The maximum absolute atomic E-state index is 14.0. The van der Waals surface area contributed by atoms with Crippen molar-refractivity contribution in [1.82, 2.24) is 15.2 Å². The lowest BCUT2D eigenvalue weighted by atomic mass is 10.1. The summed E-state index contributed by atoms with van der Waals surface area (Å²) in [5, 5.41) is 11.0. The van der Waals surface area contributed by atoms with Gasteiger partial charge in [0.15, 0.2) is 5.01 Å². The van der Waals surface area contributed by atoms with E-state index >= 15 is 0 Å². The largest absolute Gasteiger partial charge is 0.263 e. The standard InChI is InChI=1S/C12H7BrFN3S/c1-6-16-17-12(18-6)9-3-8-7(2-11(9)14)4-15-5-10(8)13/h2-5H,1H3. The smallest absolute Gasteiger partial charge is 0.150 e. The fourth-order valence-electron chi connectivity index (χ4n) is 1.72. The number of fused-ring (bicyclic) bond motifs is 1. The lowest BCUT2D eigenvalue weighted by Gasteiger charge is -2.04. The Kier molecular flexibility index (Phi) is 2.83. The molecule has 0 aliphatic heterocycles. The van der Waals surface area contributed by atoms with Crippen LogP contribution in [0.3, 0.4) is 0 Å². The second-order valence-corrected chi connectivity index (χ2v) is 5.84. The topological polar surface area (TPSA) is 38.7 Å². The van der Waals surface area contributed by atoms with E-state index in [0.717, 1.165) is 20.3 Å². The van der Waals surface area contributed by atoms with Gasteiger partial charge in [0.25, 0.3) is 0 Å². The van der Waals surface area contributed by atoms with Gasteiger partial charge in [-0.3, -0.25) is 4.98 Å². The van der Waals surface area contributed by atoms with E-state index in [1.807, 2.05) is 6.92 Å². The normalized spacial score (nSPS) is 11.1. The number of rotatable bonds is 1. The van der Waals surface area contributed by atoms with Crippen molar-refractivity contribution in [2.24, 2.45) is 0 Å². The molecule has 0 unspecified atom stereocenters. The maximum Gasteiger partial charge on any atom is 0.150 e. The Balaban J connectivity index is 2.30. The van der Waals surface area contributed by atoms with Crippen LogP contribution >= 0.6 is 27.3 Å². The number of aryl methyl sites for hydroxylation is 1. The maximum atomic E-state index is 14.0. The summed E-state index contributed by atoms with van der Waals surface area (Å²) in [7, 11) is 0. The average molecular weight is 324 g/mol. The molecule has 90 valence electrons. The number of pyridine rings is 1. The molecule has 3 rings (SSSR count). The van der Waals surface area contributed by atoms with Crippen molar-refractivity contribution in [3.63, 3.8) is 0 Å². The highest BCUT2D eigenvalue weighted by atomic mass is 79.9. The van der Waals surface area contributed by atoms with Gasteiger partial charge >= 0.3 is 0 Å². The summed E-state index contributed by atoms with van der Waals surface area (Å²) >= 11 is 4.79. The number of hydrogen-bond donors (Lipinski definition) is 0. The molecule has 6 heteroatoms. The Morgan fingerprint density at radius 1 is 1.22 bits per heavy atom. The molecule has 0 aliphatic carbocycles. The van der Waals surface area contributed by atoms with Gasteiger partial charge in [-0.15, -0.1) is 10.2 Å². The quantitative estimate of drug-likeness (QED) is 0.680. The van der Waals surface area contributed by atoms with Crippen molar-refractivity contribution < 1.29 is 4.39 Å². The fourth-order valence-corrected chi connectivity index (χ4v) is 2.90. The molecule has 0 aliphatic rings. The van der Waals surface area contributed by atoms with Crippen molar-refractivity contribution >= 4 is 38.0 Å². The van der Waals surface area contributed by atoms with E-state index in [4.69, 9.17) is 0 Å². The molecule has 0 radical (unpaired) electrons. The molecule has 0 atom stereocenters. The van der Waals surface area contributed by atoms with E-state index in [1.54, 1.807) is 18.5 Å². The highest BCUT2D eigenvalue weighted by Gasteiger charge is 2.12. The molecule has 3 aromatic rings.